The number of hydrogen-bond acceptors (Lipinski definition) is 3. The smallest absolute Gasteiger partial charge is 0.405 e. The molecule has 1 fully saturated rings. The van der Waals surface area contributed by atoms with Crippen molar-refractivity contribution >= 4 is 5.91 Å². The van der Waals surface area contributed by atoms with Crippen LogP contribution in [0, 0.1) is 0 Å². The highest BCUT2D eigenvalue weighted by Gasteiger charge is 2.32. The minimum atomic E-state index is -4.74. The fourth-order valence-electron chi connectivity index (χ4n) is 2.35. The molecule has 0 spiro atoms. The molecular weight excluding hydrogens is 285 g/mol. The van der Waals surface area contributed by atoms with Gasteiger partial charge < -0.3 is 15.0 Å². The quantitative estimate of drug-likeness (QED) is 0.928. The lowest BCUT2D eigenvalue weighted by Crippen LogP contribution is -2.41. The average Bonchev–Trinajstić information content (AvgIpc) is 2.92. The third-order valence-electron chi connectivity index (χ3n) is 3.34. The first kappa shape index (κ1) is 15.6. The predicted octanol–water partition coefficient (Wildman–Crippen LogP) is 2.30. The van der Waals surface area contributed by atoms with Gasteiger partial charge in [0.05, 0.1) is 6.04 Å². The van der Waals surface area contributed by atoms with E-state index < -0.39 is 6.36 Å². The van der Waals surface area contributed by atoms with Crippen molar-refractivity contribution in [3.63, 3.8) is 0 Å². The Bertz CT molecular complexity index is 499. The maximum Gasteiger partial charge on any atom is 0.573 e. The highest BCUT2D eigenvalue weighted by Crippen LogP contribution is 2.27. The molecule has 21 heavy (non-hydrogen) atoms. The molecule has 0 saturated carbocycles. The lowest BCUT2D eigenvalue weighted by atomic mass is 10.1. The third kappa shape index (κ3) is 4.35. The summed E-state index contributed by atoms with van der Waals surface area (Å²) in [6, 6.07) is 5.60. The number of nitrogens with zero attached hydrogens (tertiary/aromatic N) is 1. The summed E-state index contributed by atoms with van der Waals surface area (Å²) in [6.07, 6.45) is -3.06. The molecule has 1 amide bonds. The van der Waals surface area contributed by atoms with E-state index >= 15 is 0 Å². The van der Waals surface area contributed by atoms with Crippen LogP contribution in [0.2, 0.25) is 0 Å². The molecule has 1 aliphatic rings. The lowest BCUT2D eigenvalue weighted by Gasteiger charge is -2.22. The molecule has 7 heteroatoms. The van der Waals surface area contributed by atoms with Gasteiger partial charge >= 0.3 is 6.36 Å². The van der Waals surface area contributed by atoms with Crippen LogP contribution >= 0.6 is 0 Å². The van der Waals surface area contributed by atoms with Crippen molar-refractivity contribution in [1.29, 1.82) is 0 Å². The van der Waals surface area contributed by atoms with Gasteiger partial charge in [-0.1, -0.05) is 18.2 Å². The highest BCUT2D eigenvalue weighted by molar-refractivity contribution is 5.82. The van der Waals surface area contributed by atoms with E-state index in [0.717, 1.165) is 19.4 Å². The van der Waals surface area contributed by atoms with E-state index in [2.05, 4.69) is 10.1 Å². The van der Waals surface area contributed by atoms with Crippen LogP contribution in [0.5, 0.6) is 5.75 Å². The Labute approximate surface area is 120 Å². The number of benzene rings is 1. The summed E-state index contributed by atoms with van der Waals surface area (Å²) in [6.45, 7) is 0.862. The fourth-order valence-corrected chi connectivity index (χ4v) is 2.35. The first-order chi connectivity index (χ1) is 9.87. The highest BCUT2D eigenvalue weighted by atomic mass is 19.4. The molecular formula is C14H17F3N2O2. The fraction of sp³-hybridized carbons (Fsp3) is 0.500. The van der Waals surface area contributed by atoms with Crippen LogP contribution in [-0.2, 0) is 11.3 Å². The van der Waals surface area contributed by atoms with Crippen molar-refractivity contribution in [3.05, 3.63) is 29.8 Å². The van der Waals surface area contributed by atoms with E-state index in [0.29, 0.717) is 5.56 Å². The van der Waals surface area contributed by atoms with Gasteiger partial charge in [0.25, 0.3) is 0 Å². The van der Waals surface area contributed by atoms with Crippen LogP contribution in [0.3, 0.4) is 0 Å². The molecule has 1 aromatic rings. The zero-order valence-corrected chi connectivity index (χ0v) is 11.6. The number of hydrogen-bond donors (Lipinski definition) is 1. The van der Waals surface area contributed by atoms with E-state index in [4.69, 9.17) is 0 Å². The molecule has 116 valence electrons. The number of ether oxygens (including phenoxy) is 1. The summed E-state index contributed by atoms with van der Waals surface area (Å²) < 4.78 is 41.0. The molecule has 1 atom stereocenters. The Morgan fingerprint density at radius 1 is 1.43 bits per heavy atom. The predicted molar refractivity (Wildman–Crippen MR) is 70.6 cm³/mol. The number of carbonyl (C=O) groups excluding carboxylic acids is 1. The molecule has 0 aromatic heterocycles. The zero-order chi connectivity index (χ0) is 15.5. The van der Waals surface area contributed by atoms with Crippen molar-refractivity contribution < 1.29 is 22.7 Å². The van der Waals surface area contributed by atoms with Crippen molar-refractivity contribution in [3.8, 4) is 5.75 Å². The summed E-state index contributed by atoms with van der Waals surface area (Å²) in [5, 5.41) is 3.07. The zero-order valence-electron chi connectivity index (χ0n) is 11.6. The van der Waals surface area contributed by atoms with E-state index in [1.54, 1.807) is 13.1 Å². The topological polar surface area (TPSA) is 41.6 Å². The van der Waals surface area contributed by atoms with E-state index in [1.807, 2.05) is 0 Å². The SMILES string of the molecule is CN(Cc1ccccc1OC(F)(F)F)C(=O)[C@@H]1CCCN1. The molecule has 0 bridgehead atoms. The minimum absolute atomic E-state index is 0.0727. The maximum absolute atomic E-state index is 12.4. The summed E-state index contributed by atoms with van der Waals surface area (Å²) in [5.74, 6) is -0.390. The first-order valence-electron chi connectivity index (χ1n) is 6.69. The molecule has 0 radical (unpaired) electrons. The van der Waals surface area contributed by atoms with Crippen LogP contribution in [0.4, 0.5) is 13.2 Å². The van der Waals surface area contributed by atoms with E-state index in [9.17, 15) is 18.0 Å². The third-order valence-corrected chi connectivity index (χ3v) is 3.34. The Morgan fingerprint density at radius 3 is 2.76 bits per heavy atom. The molecule has 0 aliphatic carbocycles. The molecule has 0 unspecified atom stereocenters. The number of halogens is 3. The first-order valence-corrected chi connectivity index (χ1v) is 6.69. The second-order valence-corrected chi connectivity index (χ2v) is 5.00. The van der Waals surface area contributed by atoms with Gasteiger partial charge in [-0.3, -0.25) is 4.79 Å². The molecule has 1 aliphatic heterocycles. The van der Waals surface area contributed by atoms with Gasteiger partial charge in [-0.15, -0.1) is 13.2 Å². The second-order valence-electron chi connectivity index (χ2n) is 5.00. The second kappa shape index (κ2) is 6.34. The van der Waals surface area contributed by atoms with Gasteiger partial charge in [-0.05, 0) is 25.5 Å². The monoisotopic (exact) mass is 302 g/mol. The van der Waals surface area contributed by atoms with Gasteiger partial charge in [-0.25, -0.2) is 0 Å². The van der Waals surface area contributed by atoms with Crippen LogP contribution < -0.4 is 10.1 Å². The maximum atomic E-state index is 12.4. The number of carbonyl (C=O) groups is 1. The molecule has 1 saturated heterocycles. The van der Waals surface area contributed by atoms with Crippen LogP contribution in [0.15, 0.2) is 24.3 Å². The van der Waals surface area contributed by atoms with Crippen LogP contribution in [0.25, 0.3) is 0 Å². The minimum Gasteiger partial charge on any atom is -0.405 e. The Balaban J connectivity index is 2.06. The van der Waals surface area contributed by atoms with Crippen molar-refractivity contribution in [1.82, 2.24) is 10.2 Å². The molecule has 1 N–H and O–H groups in total. The Kier molecular flexibility index (Phi) is 4.72. The summed E-state index contributed by atoms with van der Waals surface area (Å²) in [5.41, 5.74) is 0.323. The summed E-state index contributed by atoms with van der Waals surface area (Å²) in [4.78, 5) is 13.6. The molecule has 2 rings (SSSR count). The van der Waals surface area contributed by atoms with Crippen LogP contribution in [-0.4, -0.2) is 36.8 Å². The summed E-state index contributed by atoms with van der Waals surface area (Å²) >= 11 is 0. The van der Waals surface area contributed by atoms with Gasteiger partial charge in [0, 0.05) is 19.2 Å². The number of likely N-dealkylation sites (N-methyl/N-ethyl adjacent to an activating group) is 1. The van der Waals surface area contributed by atoms with Gasteiger partial charge in [0.1, 0.15) is 5.75 Å². The number of amides is 1. The van der Waals surface area contributed by atoms with Crippen molar-refractivity contribution in [2.75, 3.05) is 13.6 Å². The van der Waals surface area contributed by atoms with Crippen LogP contribution in [0.1, 0.15) is 18.4 Å². The van der Waals surface area contributed by atoms with Gasteiger partial charge in [0.2, 0.25) is 5.91 Å². The van der Waals surface area contributed by atoms with E-state index in [1.165, 1.54) is 23.1 Å². The number of rotatable bonds is 4. The Hall–Kier alpha value is -1.76. The number of para-hydroxylation sites is 1. The molecule has 4 nitrogen and oxygen atoms in total. The largest absolute Gasteiger partial charge is 0.573 e. The molecule has 1 heterocycles. The molecule has 1 aromatic carbocycles. The number of alkyl halides is 3. The van der Waals surface area contributed by atoms with E-state index in [-0.39, 0.29) is 24.2 Å². The average molecular weight is 302 g/mol. The number of nitrogens with one attached hydrogen (secondary N) is 1. The standard InChI is InChI=1S/C14H17F3N2O2/c1-19(13(20)11-6-4-8-18-11)9-10-5-2-3-7-12(10)21-14(15,16)17/h2-3,5,7,11,18H,4,6,8-9H2,1H3/t11-/m0/s1. The lowest BCUT2D eigenvalue weighted by molar-refractivity contribution is -0.275. The van der Waals surface area contributed by atoms with Crippen molar-refractivity contribution in [2.24, 2.45) is 0 Å². The normalized spacial score (nSPS) is 18.6. The van der Waals surface area contributed by atoms with Crippen molar-refractivity contribution in [2.45, 2.75) is 31.8 Å². The van der Waals surface area contributed by atoms with Gasteiger partial charge in [-0.2, -0.15) is 0 Å². The van der Waals surface area contributed by atoms with Gasteiger partial charge in [0.15, 0.2) is 0 Å². The Morgan fingerprint density at radius 2 is 2.14 bits per heavy atom. The summed E-state index contributed by atoms with van der Waals surface area (Å²) in [7, 11) is 1.58.